The van der Waals surface area contributed by atoms with Crippen molar-refractivity contribution in [1.29, 1.82) is 0 Å². The topological polar surface area (TPSA) is 52.7 Å². The highest BCUT2D eigenvalue weighted by molar-refractivity contribution is 6.05. The Hall–Kier alpha value is -2.80. The van der Waals surface area contributed by atoms with Crippen LogP contribution in [0.5, 0.6) is 0 Å². The van der Waals surface area contributed by atoms with E-state index in [0.717, 1.165) is 38.1 Å². The third-order valence-electron chi connectivity index (χ3n) is 4.44. The predicted octanol–water partition coefficient (Wildman–Crippen LogP) is 3.78. The molecule has 0 aromatic heterocycles. The van der Waals surface area contributed by atoms with Gasteiger partial charge in [0.2, 0.25) is 5.91 Å². The number of carbonyl (C=O) groups excluding carboxylic acids is 2. The van der Waals surface area contributed by atoms with Gasteiger partial charge in [0.05, 0.1) is 5.69 Å². The maximum Gasteiger partial charge on any atom is 0.286 e. The van der Waals surface area contributed by atoms with Crippen LogP contribution in [-0.2, 0) is 4.79 Å². The fourth-order valence-electron chi connectivity index (χ4n) is 3.06. The lowest BCUT2D eigenvalue weighted by molar-refractivity contribution is -0.116. The molecule has 1 fully saturated rings. The Bertz CT molecular complexity index is 808. The van der Waals surface area contributed by atoms with E-state index in [0.29, 0.717) is 6.54 Å². The first-order valence-electron chi connectivity index (χ1n) is 8.91. The Kier molecular flexibility index (Phi) is 6.13. The molecule has 1 N–H and O–H groups in total. The lowest BCUT2D eigenvalue weighted by Crippen LogP contribution is -2.25. The molecule has 2 amide bonds. The van der Waals surface area contributed by atoms with Crippen molar-refractivity contribution in [3.05, 3.63) is 59.9 Å². The molecule has 0 unspecified atom stereocenters. The van der Waals surface area contributed by atoms with Crippen molar-refractivity contribution in [1.82, 2.24) is 4.90 Å². The summed E-state index contributed by atoms with van der Waals surface area (Å²) in [7, 11) is 0. The van der Waals surface area contributed by atoms with Crippen LogP contribution >= 0.6 is 0 Å². The third kappa shape index (κ3) is 5.10. The predicted molar refractivity (Wildman–Crippen MR) is 99.7 cm³/mol. The Morgan fingerprint density at radius 1 is 1.07 bits per heavy atom. The minimum Gasteiger partial charge on any atom is -0.326 e. The molecule has 0 atom stereocenters. The van der Waals surface area contributed by atoms with Gasteiger partial charge in [0.1, 0.15) is 5.82 Å². The third-order valence-corrected chi connectivity index (χ3v) is 4.44. The van der Waals surface area contributed by atoms with E-state index in [1.54, 1.807) is 18.2 Å². The van der Waals surface area contributed by atoms with Crippen molar-refractivity contribution in [2.75, 3.05) is 30.1 Å². The van der Waals surface area contributed by atoms with Crippen LogP contribution in [-0.4, -0.2) is 36.3 Å². The highest BCUT2D eigenvalue weighted by atomic mass is 19.2. The van der Waals surface area contributed by atoms with Crippen molar-refractivity contribution >= 4 is 23.2 Å². The number of para-hydroxylation sites is 1. The molecule has 0 saturated carbocycles. The van der Waals surface area contributed by atoms with E-state index in [1.807, 2.05) is 0 Å². The molecule has 27 heavy (non-hydrogen) atoms. The summed E-state index contributed by atoms with van der Waals surface area (Å²) in [5.74, 6) is -2.00. The van der Waals surface area contributed by atoms with Gasteiger partial charge in [-0.2, -0.15) is 0 Å². The lowest BCUT2D eigenvalue weighted by atomic mass is 10.1. The summed E-state index contributed by atoms with van der Waals surface area (Å²) < 4.78 is 28.2. The molecular formula is C20H21F2N3O2. The zero-order chi connectivity index (χ0) is 19.2. The fourth-order valence-corrected chi connectivity index (χ4v) is 3.06. The molecule has 2 aromatic carbocycles. The monoisotopic (exact) mass is 373 g/mol. The summed E-state index contributed by atoms with van der Waals surface area (Å²) in [6.07, 6.45) is 2.55. The fraction of sp³-hybridized carbons (Fsp3) is 0.300. The number of nitrogens with one attached hydrogen (secondary N) is 1. The molecule has 1 aliphatic rings. The first kappa shape index (κ1) is 19.0. The van der Waals surface area contributed by atoms with E-state index in [-0.39, 0.29) is 34.4 Å². The van der Waals surface area contributed by atoms with Gasteiger partial charge in [-0.25, -0.2) is 4.39 Å². The molecule has 0 aliphatic carbocycles. The van der Waals surface area contributed by atoms with Crippen LogP contribution < -0.4 is 10.4 Å². The van der Waals surface area contributed by atoms with E-state index in [4.69, 9.17) is 0 Å². The SMILES string of the molecule is O=C(CCN1CCCC1)Nc1cc(F)cc(C(=O)N(F)c2ccccc2)c1. The number of hydrogen-bond donors (Lipinski definition) is 1. The molecule has 5 nitrogen and oxygen atoms in total. The second kappa shape index (κ2) is 8.73. The number of halogens is 2. The molecule has 0 spiro atoms. The first-order valence-corrected chi connectivity index (χ1v) is 8.91. The Labute approximate surface area is 156 Å². The van der Waals surface area contributed by atoms with Gasteiger partial charge < -0.3 is 10.2 Å². The van der Waals surface area contributed by atoms with Gasteiger partial charge in [0, 0.05) is 24.2 Å². The van der Waals surface area contributed by atoms with Crippen molar-refractivity contribution in [3.8, 4) is 0 Å². The molecular weight excluding hydrogens is 352 g/mol. The molecule has 1 aliphatic heterocycles. The van der Waals surface area contributed by atoms with Crippen molar-refractivity contribution in [3.63, 3.8) is 0 Å². The van der Waals surface area contributed by atoms with Gasteiger partial charge in [-0.1, -0.05) is 22.7 Å². The van der Waals surface area contributed by atoms with Crippen LogP contribution in [0.1, 0.15) is 29.6 Å². The van der Waals surface area contributed by atoms with Crippen LogP contribution in [0, 0.1) is 5.82 Å². The number of hydrogen-bond acceptors (Lipinski definition) is 3. The standard InChI is InChI=1S/C20H21F2N3O2/c21-16-12-15(20(27)25(22)18-6-2-1-3-7-18)13-17(14-16)23-19(26)8-11-24-9-4-5-10-24/h1-3,6-7,12-14H,4-5,8-11H2,(H,23,26). The highest BCUT2D eigenvalue weighted by Gasteiger charge is 2.19. The molecule has 142 valence electrons. The van der Waals surface area contributed by atoms with Gasteiger partial charge >= 0.3 is 0 Å². The van der Waals surface area contributed by atoms with Gasteiger partial charge in [-0.3, -0.25) is 9.59 Å². The maximum absolute atomic E-state index is 14.3. The van der Waals surface area contributed by atoms with E-state index in [9.17, 15) is 18.5 Å². The number of likely N-dealkylation sites (tertiary alicyclic amines) is 1. The van der Waals surface area contributed by atoms with Crippen LogP contribution in [0.4, 0.5) is 20.2 Å². The van der Waals surface area contributed by atoms with Gasteiger partial charge in [0.15, 0.2) is 0 Å². The number of anilines is 2. The Morgan fingerprint density at radius 3 is 2.48 bits per heavy atom. The summed E-state index contributed by atoms with van der Waals surface area (Å²) in [5, 5.41) is 2.53. The quantitative estimate of drug-likeness (QED) is 0.784. The lowest BCUT2D eigenvalue weighted by Gasteiger charge is -2.15. The van der Waals surface area contributed by atoms with Crippen LogP contribution in [0.15, 0.2) is 48.5 Å². The van der Waals surface area contributed by atoms with Crippen molar-refractivity contribution < 1.29 is 18.5 Å². The van der Waals surface area contributed by atoms with Gasteiger partial charge in [-0.05, 0) is 56.3 Å². The van der Waals surface area contributed by atoms with Crippen molar-refractivity contribution in [2.45, 2.75) is 19.3 Å². The highest BCUT2D eigenvalue weighted by Crippen LogP contribution is 2.21. The second-order valence-corrected chi connectivity index (χ2v) is 6.50. The average molecular weight is 373 g/mol. The second-order valence-electron chi connectivity index (χ2n) is 6.50. The number of carbonyl (C=O) groups is 2. The zero-order valence-corrected chi connectivity index (χ0v) is 14.8. The van der Waals surface area contributed by atoms with Crippen LogP contribution in [0.25, 0.3) is 0 Å². The molecule has 0 bridgehead atoms. The zero-order valence-electron chi connectivity index (χ0n) is 14.8. The van der Waals surface area contributed by atoms with E-state index < -0.39 is 11.7 Å². The molecule has 3 rings (SSSR count). The normalized spacial score (nSPS) is 14.1. The minimum atomic E-state index is -1.01. The van der Waals surface area contributed by atoms with Crippen LogP contribution in [0.2, 0.25) is 0 Å². The average Bonchev–Trinajstić information content (AvgIpc) is 3.19. The smallest absolute Gasteiger partial charge is 0.286 e. The van der Waals surface area contributed by atoms with Gasteiger partial charge in [0.25, 0.3) is 5.91 Å². The maximum atomic E-state index is 14.3. The summed E-state index contributed by atoms with van der Waals surface area (Å²) >= 11 is 0. The number of amides is 2. The number of benzene rings is 2. The number of nitrogens with zero attached hydrogens (tertiary/aromatic N) is 2. The van der Waals surface area contributed by atoms with Gasteiger partial charge in [-0.15, -0.1) is 5.12 Å². The first-order chi connectivity index (χ1) is 13.0. The van der Waals surface area contributed by atoms with E-state index >= 15 is 0 Å². The van der Waals surface area contributed by atoms with E-state index in [2.05, 4.69) is 10.2 Å². The number of rotatable bonds is 6. The summed E-state index contributed by atoms with van der Waals surface area (Å²) in [5.41, 5.74) is -0.00890. The molecule has 0 radical (unpaired) electrons. The minimum absolute atomic E-state index is 0.0444. The summed E-state index contributed by atoms with van der Waals surface area (Å²) in [6.45, 7) is 2.61. The van der Waals surface area contributed by atoms with E-state index in [1.165, 1.54) is 18.2 Å². The largest absolute Gasteiger partial charge is 0.326 e. The molecule has 1 heterocycles. The molecule has 1 saturated heterocycles. The summed E-state index contributed by atoms with van der Waals surface area (Å²) in [4.78, 5) is 26.6. The Morgan fingerprint density at radius 2 is 1.78 bits per heavy atom. The molecule has 7 heteroatoms. The summed E-state index contributed by atoms with van der Waals surface area (Å²) in [6, 6.07) is 11.1. The van der Waals surface area contributed by atoms with Crippen LogP contribution in [0.3, 0.4) is 0 Å². The van der Waals surface area contributed by atoms with Crippen molar-refractivity contribution in [2.24, 2.45) is 0 Å². The Balaban J connectivity index is 1.66. The molecule has 2 aromatic rings.